The molecule has 1 aliphatic rings. The summed E-state index contributed by atoms with van der Waals surface area (Å²) in [5.74, 6) is -0.878. The molecule has 0 fully saturated rings. The molecule has 0 amide bonds. The van der Waals surface area contributed by atoms with E-state index in [1.807, 2.05) is 6.07 Å². The number of aryl methyl sites for hydroxylation is 1. The van der Waals surface area contributed by atoms with E-state index in [1.165, 1.54) is 0 Å². The van der Waals surface area contributed by atoms with Crippen molar-refractivity contribution < 1.29 is 19.4 Å². The Morgan fingerprint density at radius 2 is 2.22 bits per heavy atom. The van der Waals surface area contributed by atoms with E-state index in [1.54, 1.807) is 19.1 Å². The number of rotatable bonds is 4. The summed E-state index contributed by atoms with van der Waals surface area (Å²) >= 11 is 0. The van der Waals surface area contributed by atoms with E-state index >= 15 is 0 Å². The maximum Gasteiger partial charge on any atom is 0.306 e. The summed E-state index contributed by atoms with van der Waals surface area (Å²) in [5, 5.41) is 8.80. The molecule has 1 heterocycles. The third-order valence-electron chi connectivity index (χ3n) is 3.14. The van der Waals surface area contributed by atoms with Crippen molar-refractivity contribution in [2.45, 2.75) is 26.2 Å². The SMILES string of the molecule is CC(CC(=O)c1ccc2c(c1)CCCO2)C(=O)O. The van der Waals surface area contributed by atoms with Gasteiger partial charge >= 0.3 is 5.97 Å². The Bertz CT molecular complexity index is 479. The fourth-order valence-electron chi connectivity index (χ4n) is 2.02. The molecular weight excluding hydrogens is 232 g/mol. The zero-order valence-corrected chi connectivity index (χ0v) is 10.3. The minimum Gasteiger partial charge on any atom is -0.493 e. The van der Waals surface area contributed by atoms with Gasteiger partial charge in [-0.2, -0.15) is 0 Å². The second kappa shape index (κ2) is 5.21. The highest BCUT2D eigenvalue weighted by molar-refractivity contribution is 5.98. The summed E-state index contributed by atoms with van der Waals surface area (Å²) in [5.41, 5.74) is 1.61. The molecule has 0 bridgehead atoms. The van der Waals surface area contributed by atoms with Crippen LogP contribution in [-0.2, 0) is 11.2 Å². The lowest BCUT2D eigenvalue weighted by atomic mass is 9.96. The van der Waals surface area contributed by atoms with Crippen LogP contribution in [0.5, 0.6) is 5.75 Å². The molecule has 2 rings (SSSR count). The number of fused-ring (bicyclic) bond motifs is 1. The molecule has 96 valence electrons. The molecule has 1 aliphatic heterocycles. The zero-order chi connectivity index (χ0) is 13.1. The van der Waals surface area contributed by atoms with Crippen LogP contribution in [0.4, 0.5) is 0 Å². The third kappa shape index (κ3) is 2.70. The van der Waals surface area contributed by atoms with Gasteiger partial charge in [0.2, 0.25) is 0 Å². The van der Waals surface area contributed by atoms with Crippen molar-refractivity contribution in [1.82, 2.24) is 0 Å². The standard InChI is InChI=1S/C14H16O4/c1-9(14(16)17)7-12(15)10-4-5-13-11(8-10)3-2-6-18-13/h4-5,8-9H,2-3,6-7H2,1H3,(H,16,17). The third-order valence-corrected chi connectivity index (χ3v) is 3.14. The van der Waals surface area contributed by atoms with Crippen LogP contribution in [0, 0.1) is 5.92 Å². The highest BCUT2D eigenvalue weighted by Gasteiger charge is 2.18. The minimum absolute atomic E-state index is 0.0367. The lowest BCUT2D eigenvalue weighted by Gasteiger charge is -2.17. The van der Waals surface area contributed by atoms with Crippen molar-refractivity contribution in [1.29, 1.82) is 0 Å². The minimum atomic E-state index is -0.940. The number of hydrogen-bond donors (Lipinski definition) is 1. The number of carbonyl (C=O) groups is 2. The first-order valence-electron chi connectivity index (χ1n) is 6.09. The van der Waals surface area contributed by atoms with Gasteiger partial charge in [0.25, 0.3) is 0 Å². The second-order valence-electron chi connectivity index (χ2n) is 4.64. The van der Waals surface area contributed by atoms with Crippen molar-refractivity contribution in [3.05, 3.63) is 29.3 Å². The molecule has 1 atom stereocenters. The lowest BCUT2D eigenvalue weighted by molar-refractivity contribution is -0.141. The van der Waals surface area contributed by atoms with Gasteiger partial charge in [-0.1, -0.05) is 6.92 Å². The Morgan fingerprint density at radius 1 is 1.44 bits per heavy atom. The number of benzene rings is 1. The van der Waals surface area contributed by atoms with E-state index in [0.717, 1.165) is 30.8 Å². The van der Waals surface area contributed by atoms with Crippen molar-refractivity contribution in [2.24, 2.45) is 5.92 Å². The van der Waals surface area contributed by atoms with Gasteiger partial charge in [-0.15, -0.1) is 0 Å². The van der Waals surface area contributed by atoms with Gasteiger partial charge < -0.3 is 9.84 Å². The highest BCUT2D eigenvalue weighted by Crippen LogP contribution is 2.26. The van der Waals surface area contributed by atoms with Gasteiger partial charge in [-0.3, -0.25) is 9.59 Å². The van der Waals surface area contributed by atoms with Crippen LogP contribution in [-0.4, -0.2) is 23.5 Å². The predicted molar refractivity (Wildman–Crippen MR) is 66.0 cm³/mol. The molecule has 0 saturated heterocycles. The maximum atomic E-state index is 11.9. The number of Topliss-reactive ketones (excluding diaryl/α,β-unsaturated/α-hetero) is 1. The largest absolute Gasteiger partial charge is 0.493 e. The molecule has 1 aromatic rings. The average molecular weight is 248 g/mol. The molecular formula is C14H16O4. The first kappa shape index (κ1) is 12.6. The van der Waals surface area contributed by atoms with Crippen molar-refractivity contribution in [2.75, 3.05) is 6.61 Å². The molecule has 4 nitrogen and oxygen atoms in total. The molecule has 1 N–H and O–H groups in total. The second-order valence-corrected chi connectivity index (χ2v) is 4.64. The maximum absolute atomic E-state index is 11.9. The van der Waals surface area contributed by atoms with E-state index in [4.69, 9.17) is 9.84 Å². The van der Waals surface area contributed by atoms with E-state index < -0.39 is 11.9 Å². The number of carboxylic acids is 1. The number of aliphatic carboxylic acids is 1. The smallest absolute Gasteiger partial charge is 0.306 e. The lowest BCUT2D eigenvalue weighted by Crippen LogP contribution is -2.15. The number of ketones is 1. The Labute approximate surface area is 106 Å². The van der Waals surface area contributed by atoms with E-state index in [2.05, 4.69) is 0 Å². The van der Waals surface area contributed by atoms with Gasteiger partial charge in [0.1, 0.15) is 5.75 Å². The number of ether oxygens (including phenoxy) is 1. The van der Waals surface area contributed by atoms with E-state index in [9.17, 15) is 9.59 Å². The quantitative estimate of drug-likeness (QED) is 0.830. The molecule has 0 saturated carbocycles. The monoisotopic (exact) mass is 248 g/mol. The topological polar surface area (TPSA) is 63.6 Å². The molecule has 4 heteroatoms. The molecule has 0 spiro atoms. The van der Waals surface area contributed by atoms with Crippen LogP contribution in [0.15, 0.2) is 18.2 Å². The molecule has 1 aromatic carbocycles. The van der Waals surface area contributed by atoms with Crippen molar-refractivity contribution in [3.8, 4) is 5.75 Å². The first-order chi connectivity index (χ1) is 8.58. The number of carboxylic acid groups (broad SMARTS) is 1. The summed E-state index contributed by atoms with van der Waals surface area (Å²) in [6, 6.07) is 5.33. The Hall–Kier alpha value is -1.84. The molecule has 18 heavy (non-hydrogen) atoms. The molecule has 0 radical (unpaired) electrons. The normalized spacial score (nSPS) is 15.4. The number of hydrogen-bond acceptors (Lipinski definition) is 3. The molecule has 0 aliphatic carbocycles. The van der Waals surface area contributed by atoms with Crippen LogP contribution in [0.3, 0.4) is 0 Å². The molecule has 1 unspecified atom stereocenters. The van der Waals surface area contributed by atoms with Gasteiger partial charge in [0, 0.05) is 12.0 Å². The Balaban J connectivity index is 2.13. The highest BCUT2D eigenvalue weighted by atomic mass is 16.5. The summed E-state index contributed by atoms with van der Waals surface area (Å²) < 4.78 is 5.47. The van der Waals surface area contributed by atoms with Gasteiger partial charge in [-0.25, -0.2) is 0 Å². The Kier molecular flexibility index (Phi) is 3.65. The van der Waals surface area contributed by atoms with Crippen molar-refractivity contribution in [3.63, 3.8) is 0 Å². The van der Waals surface area contributed by atoms with Crippen LogP contribution in [0.2, 0.25) is 0 Å². The summed E-state index contributed by atoms with van der Waals surface area (Å²) in [6.07, 6.45) is 1.90. The zero-order valence-electron chi connectivity index (χ0n) is 10.3. The van der Waals surface area contributed by atoms with E-state index in [-0.39, 0.29) is 12.2 Å². The van der Waals surface area contributed by atoms with Crippen LogP contribution in [0.25, 0.3) is 0 Å². The first-order valence-corrected chi connectivity index (χ1v) is 6.09. The summed E-state index contributed by atoms with van der Waals surface area (Å²) in [7, 11) is 0. The Morgan fingerprint density at radius 3 is 2.94 bits per heavy atom. The van der Waals surface area contributed by atoms with Gasteiger partial charge in [-0.05, 0) is 36.6 Å². The van der Waals surface area contributed by atoms with Crippen LogP contribution < -0.4 is 4.74 Å². The number of carbonyl (C=O) groups excluding carboxylic acids is 1. The van der Waals surface area contributed by atoms with E-state index in [0.29, 0.717) is 5.56 Å². The fourth-order valence-corrected chi connectivity index (χ4v) is 2.02. The summed E-state index contributed by atoms with van der Waals surface area (Å²) in [4.78, 5) is 22.7. The predicted octanol–water partition coefficient (Wildman–Crippen LogP) is 2.31. The van der Waals surface area contributed by atoms with Crippen LogP contribution in [0.1, 0.15) is 35.7 Å². The van der Waals surface area contributed by atoms with Crippen molar-refractivity contribution >= 4 is 11.8 Å². The average Bonchev–Trinajstić information content (AvgIpc) is 2.37. The molecule has 0 aromatic heterocycles. The fraction of sp³-hybridized carbons (Fsp3) is 0.429. The van der Waals surface area contributed by atoms with Crippen LogP contribution >= 0.6 is 0 Å². The van der Waals surface area contributed by atoms with Gasteiger partial charge in [0.15, 0.2) is 5.78 Å². The van der Waals surface area contributed by atoms with Gasteiger partial charge in [0.05, 0.1) is 12.5 Å². The summed E-state index contributed by atoms with van der Waals surface area (Å²) in [6.45, 7) is 2.26.